The van der Waals surface area contributed by atoms with Crippen LogP contribution in [0.5, 0.6) is 0 Å². The van der Waals surface area contributed by atoms with Crippen LogP contribution in [0.2, 0.25) is 0 Å². The van der Waals surface area contributed by atoms with Gasteiger partial charge in [0, 0.05) is 30.2 Å². The van der Waals surface area contributed by atoms with Crippen LogP contribution in [0.3, 0.4) is 0 Å². The summed E-state index contributed by atoms with van der Waals surface area (Å²) in [5.41, 5.74) is 1.02. The van der Waals surface area contributed by atoms with Crippen molar-refractivity contribution in [3.05, 3.63) is 20.7 Å². The predicted octanol–water partition coefficient (Wildman–Crippen LogP) is 0.620. The topological polar surface area (TPSA) is 48.1 Å². The highest BCUT2D eigenvalue weighted by Gasteiger charge is 2.33. The molecular formula is C11H17N3OS. The van der Waals surface area contributed by atoms with Gasteiger partial charge in [0.05, 0.1) is 0 Å². The van der Waals surface area contributed by atoms with Crippen LogP contribution in [0.1, 0.15) is 18.5 Å². The zero-order valence-electron chi connectivity index (χ0n) is 9.24. The molecule has 4 nitrogen and oxygen atoms in total. The second-order valence-corrected chi connectivity index (χ2v) is 5.64. The third kappa shape index (κ3) is 2.07. The van der Waals surface area contributed by atoms with Crippen molar-refractivity contribution in [2.45, 2.75) is 25.4 Å². The fraction of sp³-hybridized carbons (Fsp3) is 0.727. The molecule has 5 heteroatoms. The Morgan fingerprint density at radius 2 is 2.31 bits per heavy atom. The molecule has 1 aromatic heterocycles. The molecule has 4 rings (SSSR count). The normalized spacial score (nSPS) is 33.1. The van der Waals surface area contributed by atoms with Crippen molar-refractivity contribution in [3.8, 4) is 0 Å². The molecule has 2 bridgehead atoms. The van der Waals surface area contributed by atoms with Gasteiger partial charge in [-0.05, 0) is 31.8 Å². The monoisotopic (exact) mass is 239 g/mol. The zero-order valence-corrected chi connectivity index (χ0v) is 10.1. The smallest absolute Gasteiger partial charge is 0.304 e. The van der Waals surface area contributed by atoms with Crippen LogP contribution < -0.4 is 10.2 Å². The van der Waals surface area contributed by atoms with Gasteiger partial charge >= 0.3 is 4.87 Å². The summed E-state index contributed by atoms with van der Waals surface area (Å²) in [5, 5.41) is 5.49. The van der Waals surface area contributed by atoms with Crippen LogP contribution in [0.15, 0.2) is 10.2 Å². The quantitative estimate of drug-likeness (QED) is 0.813. The largest absolute Gasteiger partial charge is 0.315 e. The Bertz CT molecular complexity index is 405. The van der Waals surface area contributed by atoms with Gasteiger partial charge in [0.15, 0.2) is 0 Å². The third-order valence-electron chi connectivity index (χ3n) is 3.78. The summed E-state index contributed by atoms with van der Waals surface area (Å²) in [5.74, 6) is 0.843. The molecule has 0 spiro atoms. The highest BCUT2D eigenvalue weighted by atomic mass is 32.1. The summed E-state index contributed by atoms with van der Waals surface area (Å²) in [6.07, 6.45) is 2.66. The Morgan fingerprint density at radius 1 is 1.50 bits per heavy atom. The van der Waals surface area contributed by atoms with Gasteiger partial charge < -0.3 is 15.2 Å². The lowest BCUT2D eigenvalue weighted by Crippen LogP contribution is -2.55. The minimum Gasteiger partial charge on any atom is -0.315 e. The van der Waals surface area contributed by atoms with E-state index < -0.39 is 0 Å². The molecule has 3 aliphatic heterocycles. The number of nitrogens with zero attached hydrogens (tertiary/aromatic N) is 1. The van der Waals surface area contributed by atoms with Gasteiger partial charge in [-0.2, -0.15) is 0 Å². The number of hydrogen-bond donors (Lipinski definition) is 2. The van der Waals surface area contributed by atoms with Crippen LogP contribution in [0.4, 0.5) is 0 Å². The summed E-state index contributed by atoms with van der Waals surface area (Å²) in [4.78, 5) is 16.4. The molecule has 2 N–H and O–H groups in total. The predicted molar refractivity (Wildman–Crippen MR) is 64.7 cm³/mol. The molecular weight excluding hydrogens is 222 g/mol. The number of rotatable bonds is 3. The molecule has 88 valence electrons. The minimum absolute atomic E-state index is 0.0470. The summed E-state index contributed by atoms with van der Waals surface area (Å²) < 4.78 is 0. The Morgan fingerprint density at radius 3 is 2.88 bits per heavy atom. The second-order valence-electron chi connectivity index (χ2n) is 4.80. The first-order chi connectivity index (χ1) is 7.81. The molecule has 3 aliphatic rings. The first kappa shape index (κ1) is 10.5. The molecule has 0 aromatic carbocycles. The lowest BCUT2D eigenvalue weighted by molar-refractivity contribution is 0.0718. The molecule has 1 aromatic rings. The van der Waals surface area contributed by atoms with Crippen LogP contribution in [-0.4, -0.2) is 35.6 Å². The van der Waals surface area contributed by atoms with Crippen molar-refractivity contribution in [2.24, 2.45) is 5.92 Å². The van der Waals surface area contributed by atoms with E-state index in [1.54, 1.807) is 0 Å². The summed E-state index contributed by atoms with van der Waals surface area (Å²) >= 11 is 1.24. The molecule has 16 heavy (non-hydrogen) atoms. The maximum atomic E-state index is 11.0. The average molecular weight is 239 g/mol. The summed E-state index contributed by atoms with van der Waals surface area (Å²) in [7, 11) is 0. The van der Waals surface area contributed by atoms with Gasteiger partial charge in [0.1, 0.15) is 0 Å². The molecule has 0 amide bonds. The third-order valence-corrected chi connectivity index (χ3v) is 4.50. The van der Waals surface area contributed by atoms with Gasteiger partial charge in [-0.3, -0.25) is 4.79 Å². The van der Waals surface area contributed by atoms with Gasteiger partial charge in [-0.1, -0.05) is 11.3 Å². The Labute approximate surface area is 98.7 Å². The fourth-order valence-electron chi connectivity index (χ4n) is 2.84. The number of piperidine rings is 3. The van der Waals surface area contributed by atoms with E-state index in [0.717, 1.165) is 18.2 Å². The van der Waals surface area contributed by atoms with Crippen LogP contribution >= 0.6 is 11.3 Å². The van der Waals surface area contributed by atoms with E-state index in [0.29, 0.717) is 6.04 Å². The van der Waals surface area contributed by atoms with E-state index in [1.807, 2.05) is 5.38 Å². The molecule has 0 saturated carbocycles. The average Bonchev–Trinajstić information content (AvgIpc) is 2.74. The molecule has 4 heterocycles. The molecule has 3 saturated heterocycles. The maximum absolute atomic E-state index is 11.0. The van der Waals surface area contributed by atoms with Crippen molar-refractivity contribution >= 4 is 11.3 Å². The minimum atomic E-state index is 0.0470. The van der Waals surface area contributed by atoms with E-state index in [9.17, 15) is 4.79 Å². The number of H-pyrrole nitrogens is 1. The molecule has 1 unspecified atom stereocenters. The number of aromatic amines is 1. The first-order valence-corrected chi connectivity index (χ1v) is 6.81. The Hall–Kier alpha value is -0.650. The van der Waals surface area contributed by atoms with Gasteiger partial charge in [-0.25, -0.2) is 0 Å². The lowest BCUT2D eigenvalue weighted by Gasteiger charge is -2.45. The van der Waals surface area contributed by atoms with E-state index in [2.05, 4.69) is 15.2 Å². The number of thiazole rings is 1. The highest BCUT2D eigenvalue weighted by molar-refractivity contribution is 7.07. The number of fused-ring (bicyclic) bond motifs is 3. The first-order valence-electron chi connectivity index (χ1n) is 5.94. The van der Waals surface area contributed by atoms with E-state index in [-0.39, 0.29) is 4.87 Å². The van der Waals surface area contributed by atoms with Crippen molar-refractivity contribution in [3.63, 3.8) is 0 Å². The standard InChI is InChI=1S/C11H17N3OS/c15-11-13-9(7-16-11)5-12-10-6-14-3-1-8(10)2-4-14/h7-8,10,12H,1-6H2,(H,13,15). The highest BCUT2D eigenvalue weighted by Crippen LogP contribution is 2.27. The van der Waals surface area contributed by atoms with Crippen molar-refractivity contribution in [1.82, 2.24) is 15.2 Å². The summed E-state index contributed by atoms with van der Waals surface area (Å²) in [6.45, 7) is 4.53. The van der Waals surface area contributed by atoms with E-state index in [4.69, 9.17) is 0 Å². The molecule has 0 aliphatic carbocycles. The van der Waals surface area contributed by atoms with Crippen molar-refractivity contribution in [1.29, 1.82) is 0 Å². The van der Waals surface area contributed by atoms with Crippen LogP contribution in [0, 0.1) is 5.92 Å². The number of nitrogens with one attached hydrogen (secondary N) is 2. The molecule has 1 atom stereocenters. The van der Waals surface area contributed by atoms with Crippen molar-refractivity contribution in [2.75, 3.05) is 19.6 Å². The van der Waals surface area contributed by atoms with Gasteiger partial charge in [0.2, 0.25) is 0 Å². The van der Waals surface area contributed by atoms with E-state index >= 15 is 0 Å². The summed E-state index contributed by atoms with van der Waals surface area (Å²) in [6, 6.07) is 0.617. The van der Waals surface area contributed by atoms with E-state index in [1.165, 1.54) is 43.8 Å². The second kappa shape index (κ2) is 4.31. The SMILES string of the molecule is O=c1[nH]c(CNC2CN3CCC2CC3)cs1. The van der Waals surface area contributed by atoms with Crippen LogP contribution in [-0.2, 0) is 6.54 Å². The molecule has 0 radical (unpaired) electrons. The van der Waals surface area contributed by atoms with Crippen LogP contribution in [0.25, 0.3) is 0 Å². The number of hydrogen-bond acceptors (Lipinski definition) is 4. The Kier molecular flexibility index (Phi) is 2.83. The zero-order chi connectivity index (χ0) is 11.0. The Balaban J connectivity index is 1.57. The maximum Gasteiger partial charge on any atom is 0.304 e. The lowest BCUT2D eigenvalue weighted by atomic mass is 9.84. The number of aromatic nitrogens is 1. The van der Waals surface area contributed by atoms with Gasteiger partial charge in [0.25, 0.3) is 0 Å². The fourth-order valence-corrected chi connectivity index (χ4v) is 3.42. The molecule has 3 fully saturated rings. The van der Waals surface area contributed by atoms with Gasteiger partial charge in [-0.15, -0.1) is 0 Å². The van der Waals surface area contributed by atoms with Crippen molar-refractivity contribution < 1.29 is 0 Å².